The molecule has 0 saturated heterocycles. The van der Waals surface area contributed by atoms with Crippen molar-refractivity contribution < 1.29 is 24.1 Å². The van der Waals surface area contributed by atoms with Crippen LogP contribution in [0.25, 0.3) is 59.9 Å². The van der Waals surface area contributed by atoms with Gasteiger partial charge in [-0.05, 0) is 178 Å². The Bertz CT molecular complexity index is 3720. The van der Waals surface area contributed by atoms with Gasteiger partial charge in [0.25, 0.3) is 0 Å². The lowest BCUT2D eigenvalue weighted by molar-refractivity contribution is -0.121. The Hall–Kier alpha value is -7.89. The van der Waals surface area contributed by atoms with Gasteiger partial charge in [0.2, 0.25) is 0 Å². The number of fused-ring (bicyclic) bond motifs is 14. The highest BCUT2D eigenvalue weighted by atomic mass is 16.5. The molecule has 0 aromatic heterocycles. The second-order valence-corrected chi connectivity index (χ2v) is 20.5. The Morgan fingerprint density at radius 2 is 1.03 bits per heavy atom. The van der Waals surface area contributed by atoms with Crippen molar-refractivity contribution in [2.24, 2.45) is 0 Å². The maximum atomic E-state index is 12.0. The molecule has 14 rings (SSSR count). The number of carbonyl (C=O) groups excluding carboxylic acids is 1. The van der Waals surface area contributed by atoms with Gasteiger partial charge in [0.05, 0.1) is 14.2 Å². The summed E-state index contributed by atoms with van der Waals surface area (Å²) >= 11 is 0. The van der Waals surface area contributed by atoms with Crippen LogP contribution >= 0.6 is 0 Å². The van der Waals surface area contributed by atoms with E-state index in [4.69, 9.17) is 14.2 Å². The molecule has 0 radical (unpaired) electrons. The summed E-state index contributed by atoms with van der Waals surface area (Å²) in [6, 6.07) is 59.0. The number of hydrogen-bond acceptors (Lipinski definition) is 5. The van der Waals surface area contributed by atoms with Crippen LogP contribution in [0.5, 0.6) is 23.0 Å². The van der Waals surface area contributed by atoms with Crippen LogP contribution in [-0.4, -0.2) is 25.1 Å². The van der Waals surface area contributed by atoms with E-state index in [0.717, 1.165) is 78.7 Å². The predicted octanol–water partition coefficient (Wildman–Crippen LogP) is 16.9. The molecule has 5 nitrogen and oxygen atoms in total. The molecular formula is C69H62O5. The first-order valence-electron chi connectivity index (χ1n) is 26.7. The number of benzene rings is 10. The van der Waals surface area contributed by atoms with E-state index >= 15 is 0 Å². The van der Waals surface area contributed by atoms with Crippen molar-refractivity contribution in [3.8, 4) is 23.0 Å². The topological polar surface area (TPSA) is 65.0 Å². The molecule has 368 valence electrons. The summed E-state index contributed by atoms with van der Waals surface area (Å²) in [7, 11) is 3.39. The quantitative estimate of drug-likeness (QED) is 0.174. The van der Waals surface area contributed by atoms with Crippen molar-refractivity contribution in [3.05, 3.63) is 220 Å². The number of ketones is 1. The standard InChI is InChI=1S/C35H30O3.C18H16O.C16H16O/c1-36-26-16-12-24(13-17-26)35(25-14-18-27(37-2)19-15-25)22-21-31-29-9-5-6-10-30(29)33-28-8-4-3-7-23(28)11-20-32(33)34(31)38-35;19-17-11-13-6-2-4-8-15(13)18-14-7-3-1-5-12(14)9-10-16(17)18;17-16-11-4-3-9-15(16)14-10-5-7-12-6-1-2-8-13(12)14/h3-4,7-8,11-22H,5-6,9-10H2,1-2H3;1,3,5,7,9-11,19H,2,4,6,8H2;1-2,5-8,10,15H,3-4,9,11H2. The fraction of sp³-hybridized carbons (Fsp3) is 0.232. The predicted molar refractivity (Wildman–Crippen MR) is 304 cm³/mol. The van der Waals surface area contributed by atoms with Crippen LogP contribution in [0, 0.1) is 0 Å². The average molecular weight is 971 g/mol. The van der Waals surface area contributed by atoms with Crippen molar-refractivity contribution in [3.63, 3.8) is 0 Å². The monoisotopic (exact) mass is 970 g/mol. The van der Waals surface area contributed by atoms with Crippen LogP contribution in [0.4, 0.5) is 0 Å². The van der Waals surface area contributed by atoms with E-state index in [-0.39, 0.29) is 5.92 Å². The lowest BCUT2D eigenvalue weighted by Crippen LogP contribution is -2.34. The highest BCUT2D eigenvalue weighted by Gasteiger charge is 2.39. The smallest absolute Gasteiger partial charge is 0.178 e. The zero-order valence-electron chi connectivity index (χ0n) is 42.5. The number of methoxy groups -OCH3 is 2. The number of aromatic hydroxyl groups is 1. The van der Waals surface area contributed by atoms with Gasteiger partial charge in [-0.2, -0.15) is 0 Å². The largest absolute Gasteiger partial charge is 0.507 e. The molecule has 0 bridgehead atoms. The van der Waals surface area contributed by atoms with Crippen molar-refractivity contribution in [2.75, 3.05) is 14.2 Å². The van der Waals surface area contributed by atoms with E-state index in [9.17, 15) is 9.90 Å². The van der Waals surface area contributed by atoms with Gasteiger partial charge in [0.1, 0.15) is 28.8 Å². The third-order valence-corrected chi connectivity index (χ3v) is 16.4. The SMILES string of the molecule is COc1ccc(C2(c3ccc(OC)cc3)C=Cc3c4c(c5c(ccc6ccccc65)c3O2)CCCC4)cc1.O=C1CCCCC1c1cccc2ccccc12.Oc1cc2c(c3c1ccc1ccccc13)CCCC2. The second-order valence-electron chi connectivity index (χ2n) is 20.5. The normalized spacial score (nSPS) is 16.5. The van der Waals surface area contributed by atoms with Crippen molar-refractivity contribution >= 4 is 65.7 Å². The minimum absolute atomic E-state index is 0.134. The van der Waals surface area contributed by atoms with E-state index in [0.29, 0.717) is 11.5 Å². The maximum Gasteiger partial charge on any atom is 0.178 e. The number of rotatable bonds is 5. The Kier molecular flexibility index (Phi) is 12.9. The molecule has 1 saturated carbocycles. The molecular weight excluding hydrogens is 909 g/mol. The summed E-state index contributed by atoms with van der Waals surface area (Å²) in [5, 5.41) is 22.7. The molecule has 1 fully saturated rings. The lowest BCUT2D eigenvalue weighted by atomic mass is 9.78. The Morgan fingerprint density at radius 3 is 1.66 bits per heavy atom. The van der Waals surface area contributed by atoms with Crippen molar-refractivity contribution in [1.82, 2.24) is 0 Å². The minimum Gasteiger partial charge on any atom is -0.507 e. The van der Waals surface area contributed by atoms with Crippen LogP contribution < -0.4 is 14.2 Å². The van der Waals surface area contributed by atoms with E-state index in [1.807, 2.05) is 30.3 Å². The molecule has 74 heavy (non-hydrogen) atoms. The molecule has 1 N–H and O–H groups in total. The fourth-order valence-corrected chi connectivity index (χ4v) is 12.7. The Morgan fingerprint density at radius 1 is 0.500 bits per heavy atom. The van der Waals surface area contributed by atoms with Gasteiger partial charge in [-0.1, -0.05) is 146 Å². The van der Waals surface area contributed by atoms with Gasteiger partial charge < -0.3 is 19.3 Å². The first-order valence-corrected chi connectivity index (χ1v) is 26.7. The molecule has 0 amide bonds. The van der Waals surface area contributed by atoms with Crippen LogP contribution in [-0.2, 0) is 36.1 Å². The number of ether oxygens (including phenoxy) is 3. The number of phenolic OH excluding ortho intramolecular Hbond substituents is 1. The molecule has 1 atom stereocenters. The zero-order chi connectivity index (χ0) is 50.2. The number of aryl methyl sites for hydroxylation is 3. The molecule has 10 aromatic carbocycles. The summed E-state index contributed by atoms with van der Waals surface area (Å²) in [6.07, 6.45) is 18.0. The summed E-state index contributed by atoms with van der Waals surface area (Å²) in [4.78, 5) is 12.0. The summed E-state index contributed by atoms with van der Waals surface area (Å²) < 4.78 is 18.2. The van der Waals surface area contributed by atoms with Gasteiger partial charge in [0.15, 0.2) is 5.60 Å². The minimum atomic E-state index is -0.785. The zero-order valence-corrected chi connectivity index (χ0v) is 42.5. The first-order chi connectivity index (χ1) is 36.4. The molecule has 5 heteroatoms. The molecule has 3 aliphatic carbocycles. The fourth-order valence-electron chi connectivity index (χ4n) is 12.7. The van der Waals surface area contributed by atoms with Crippen LogP contribution in [0.3, 0.4) is 0 Å². The molecule has 1 unspecified atom stereocenters. The average Bonchev–Trinajstić information content (AvgIpc) is 3.47. The molecule has 1 heterocycles. The molecule has 4 aliphatic rings. The number of carbonyl (C=O) groups is 1. The number of hydrogen-bond donors (Lipinski definition) is 1. The van der Waals surface area contributed by atoms with Crippen LogP contribution in [0.15, 0.2) is 176 Å². The van der Waals surface area contributed by atoms with E-state index in [2.05, 4.69) is 152 Å². The number of phenols is 1. The van der Waals surface area contributed by atoms with Crippen molar-refractivity contribution in [1.29, 1.82) is 0 Å². The van der Waals surface area contributed by atoms with E-state index < -0.39 is 5.60 Å². The maximum absolute atomic E-state index is 12.0. The third kappa shape index (κ3) is 8.52. The third-order valence-electron chi connectivity index (χ3n) is 16.4. The Balaban J connectivity index is 0.000000128. The molecule has 1 aliphatic heterocycles. The summed E-state index contributed by atoms with van der Waals surface area (Å²) in [5.41, 5.74) is 9.53. The van der Waals surface area contributed by atoms with Crippen LogP contribution in [0.1, 0.15) is 102 Å². The van der Waals surface area contributed by atoms with Crippen molar-refractivity contribution in [2.45, 2.75) is 88.6 Å². The summed E-state index contributed by atoms with van der Waals surface area (Å²) in [5.74, 6) is 3.61. The summed E-state index contributed by atoms with van der Waals surface area (Å²) in [6.45, 7) is 0. The van der Waals surface area contributed by atoms with E-state index in [1.165, 1.54) is 114 Å². The first kappa shape index (κ1) is 47.1. The lowest BCUT2D eigenvalue weighted by Gasteiger charge is -2.38. The number of Topliss-reactive ketones (excluding diaryl/α,β-unsaturated/α-hetero) is 1. The van der Waals surface area contributed by atoms with Gasteiger partial charge >= 0.3 is 0 Å². The molecule has 0 spiro atoms. The molecule has 10 aromatic rings. The van der Waals surface area contributed by atoms with Gasteiger partial charge in [0, 0.05) is 39.8 Å². The Labute approximate surface area is 434 Å². The highest BCUT2D eigenvalue weighted by Crippen LogP contribution is 2.50. The van der Waals surface area contributed by atoms with Gasteiger partial charge in [-0.3, -0.25) is 4.79 Å². The van der Waals surface area contributed by atoms with Gasteiger partial charge in [-0.25, -0.2) is 0 Å². The van der Waals surface area contributed by atoms with Crippen LogP contribution in [0.2, 0.25) is 0 Å². The highest BCUT2D eigenvalue weighted by molar-refractivity contribution is 6.13. The van der Waals surface area contributed by atoms with E-state index in [1.54, 1.807) is 14.2 Å². The van der Waals surface area contributed by atoms with Gasteiger partial charge in [-0.15, -0.1) is 0 Å². The second kappa shape index (κ2) is 20.2.